The Hall–Kier alpha value is -1.10. The Kier molecular flexibility index (Phi) is 5.19. The molecule has 1 heterocycles. The summed E-state index contributed by atoms with van der Waals surface area (Å²) >= 11 is 7.74. The molecule has 1 aromatic heterocycles. The molecule has 102 valence electrons. The maximum atomic E-state index is 9.01. The number of thiazole rings is 1. The number of aromatic nitrogens is 1. The largest absolute Gasteiger partial charge is 0.486 e. The summed E-state index contributed by atoms with van der Waals surface area (Å²) < 4.78 is 5.64. The summed E-state index contributed by atoms with van der Waals surface area (Å²) in [5.41, 5.74) is 1.70. The highest BCUT2D eigenvalue weighted by molar-refractivity contribution is 7.09. The average Bonchev–Trinajstić information content (AvgIpc) is 2.85. The van der Waals surface area contributed by atoms with Gasteiger partial charge >= 0.3 is 0 Å². The molecule has 19 heavy (non-hydrogen) atoms. The second-order valence-electron chi connectivity index (χ2n) is 4.19. The standard InChI is InChI=1S/C14H16ClNO2S/c1-2-3-14-16-11(9-19-14)8-18-13-5-4-10(7-17)6-12(13)15/h4-6,9,17H,2-3,7-8H2,1H3. The van der Waals surface area contributed by atoms with Crippen LogP contribution in [0.5, 0.6) is 5.75 Å². The zero-order valence-electron chi connectivity index (χ0n) is 10.7. The van der Waals surface area contributed by atoms with Gasteiger partial charge in [-0.2, -0.15) is 0 Å². The normalized spacial score (nSPS) is 10.7. The Bertz CT molecular complexity index is 542. The summed E-state index contributed by atoms with van der Waals surface area (Å²) in [5, 5.41) is 12.7. The second kappa shape index (κ2) is 6.89. The van der Waals surface area contributed by atoms with E-state index in [1.165, 1.54) is 0 Å². The van der Waals surface area contributed by atoms with Crippen molar-refractivity contribution >= 4 is 22.9 Å². The number of rotatable bonds is 6. The van der Waals surface area contributed by atoms with Crippen molar-refractivity contribution in [3.8, 4) is 5.75 Å². The minimum absolute atomic E-state index is 0.0214. The lowest BCUT2D eigenvalue weighted by molar-refractivity contribution is 0.280. The number of hydrogen-bond donors (Lipinski definition) is 1. The molecule has 0 aliphatic carbocycles. The molecule has 0 aliphatic heterocycles. The zero-order chi connectivity index (χ0) is 13.7. The van der Waals surface area contributed by atoms with E-state index in [-0.39, 0.29) is 6.61 Å². The van der Waals surface area contributed by atoms with E-state index in [2.05, 4.69) is 11.9 Å². The van der Waals surface area contributed by atoms with Crippen molar-refractivity contribution in [1.82, 2.24) is 4.98 Å². The third kappa shape index (κ3) is 3.93. The molecule has 0 unspecified atom stereocenters. The first-order valence-corrected chi connectivity index (χ1v) is 7.44. The van der Waals surface area contributed by atoms with Crippen LogP contribution in [0, 0.1) is 0 Å². The highest BCUT2D eigenvalue weighted by atomic mass is 35.5. The molecule has 0 saturated carbocycles. The van der Waals surface area contributed by atoms with Crippen LogP contribution in [0.15, 0.2) is 23.6 Å². The van der Waals surface area contributed by atoms with Crippen LogP contribution < -0.4 is 4.74 Å². The molecule has 0 spiro atoms. The van der Waals surface area contributed by atoms with E-state index in [1.807, 2.05) is 5.38 Å². The number of aliphatic hydroxyl groups is 1. The first-order valence-electron chi connectivity index (χ1n) is 6.18. The number of hydrogen-bond acceptors (Lipinski definition) is 4. The molecule has 1 N–H and O–H groups in total. The van der Waals surface area contributed by atoms with Crippen molar-refractivity contribution in [3.05, 3.63) is 44.9 Å². The lowest BCUT2D eigenvalue weighted by Gasteiger charge is -2.07. The molecule has 2 aromatic rings. The molecule has 0 saturated heterocycles. The maximum Gasteiger partial charge on any atom is 0.138 e. The van der Waals surface area contributed by atoms with Crippen molar-refractivity contribution in [3.63, 3.8) is 0 Å². The van der Waals surface area contributed by atoms with Gasteiger partial charge in [0, 0.05) is 5.38 Å². The van der Waals surface area contributed by atoms with Gasteiger partial charge in [-0.1, -0.05) is 24.6 Å². The van der Waals surface area contributed by atoms with Crippen molar-refractivity contribution < 1.29 is 9.84 Å². The third-order valence-electron chi connectivity index (χ3n) is 2.62. The van der Waals surface area contributed by atoms with Crippen LogP contribution in [0.25, 0.3) is 0 Å². The molecule has 0 aliphatic rings. The van der Waals surface area contributed by atoms with Gasteiger partial charge in [-0.25, -0.2) is 4.98 Å². The van der Waals surface area contributed by atoms with Crippen LogP contribution in [0.2, 0.25) is 5.02 Å². The number of benzene rings is 1. The lowest BCUT2D eigenvalue weighted by atomic mass is 10.2. The minimum Gasteiger partial charge on any atom is -0.486 e. The molecule has 0 fully saturated rings. The predicted octanol–water partition coefficient (Wildman–Crippen LogP) is 3.82. The fraction of sp³-hybridized carbons (Fsp3) is 0.357. The van der Waals surface area contributed by atoms with E-state index in [1.54, 1.807) is 29.5 Å². The Morgan fingerprint density at radius 1 is 1.42 bits per heavy atom. The van der Waals surface area contributed by atoms with Crippen LogP contribution in [0.3, 0.4) is 0 Å². The molecule has 0 amide bonds. The van der Waals surface area contributed by atoms with Gasteiger partial charge in [0.15, 0.2) is 0 Å². The number of nitrogens with zero attached hydrogens (tertiary/aromatic N) is 1. The van der Waals surface area contributed by atoms with E-state index in [4.69, 9.17) is 21.4 Å². The van der Waals surface area contributed by atoms with Gasteiger partial charge in [-0.15, -0.1) is 11.3 Å². The van der Waals surface area contributed by atoms with E-state index in [0.717, 1.165) is 29.1 Å². The van der Waals surface area contributed by atoms with Gasteiger partial charge in [0.25, 0.3) is 0 Å². The number of aryl methyl sites for hydroxylation is 1. The fourth-order valence-corrected chi connectivity index (χ4v) is 2.80. The molecule has 0 atom stereocenters. The van der Waals surface area contributed by atoms with Crippen LogP contribution in [0.1, 0.15) is 29.6 Å². The van der Waals surface area contributed by atoms with Gasteiger partial charge in [0.05, 0.1) is 22.3 Å². The summed E-state index contributed by atoms with van der Waals surface area (Å²) in [4.78, 5) is 4.49. The van der Waals surface area contributed by atoms with Crippen molar-refractivity contribution in [1.29, 1.82) is 0 Å². The Balaban J connectivity index is 1.97. The lowest BCUT2D eigenvalue weighted by Crippen LogP contribution is -1.97. The van der Waals surface area contributed by atoms with E-state index in [9.17, 15) is 0 Å². The minimum atomic E-state index is -0.0214. The summed E-state index contributed by atoms with van der Waals surface area (Å²) in [6.07, 6.45) is 2.11. The molecule has 5 heteroatoms. The van der Waals surface area contributed by atoms with Crippen molar-refractivity contribution in [2.24, 2.45) is 0 Å². The van der Waals surface area contributed by atoms with Gasteiger partial charge in [-0.05, 0) is 30.5 Å². The third-order valence-corrected chi connectivity index (χ3v) is 3.87. The molecule has 3 nitrogen and oxygen atoms in total. The van der Waals surface area contributed by atoms with Crippen molar-refractivity contribution in [2.45, 2.75) is 33.0 Å². The van der Waals surface area contributed by atoms with Crippen molar-refractivity contribution in [2.75, 3.05) is 0 Å². The molecular formula is C14H16ClNO2S. The highest BCUT2D eigenvalue weighted by Gasteiger charge is 2.06. The second-order valence-corrected chi connectivity index (χ2v) is 5.54. The molecule has 2 rings (SSSR count). The first kappa shape index (κ1) is 14.3. The van der Waals surface area contributed by atoms with Crippen LogP contribution >= 0.6 is 22.9 Å². The Morgan fingerprint density at radius 3 is 2.95 bits per heavy atom. The summed E-state index contributed by atoms with van der Waals surface area (Å²) in [6, 6.07) is 5.28. The van der Waals surface area contributed by atoms with Crippen LogP contribution in [-0.4, -0.2) is 10.1 Å². The number of halogens is 1. The summed E-state index contributed by atoms with van der Waals surface area (Å²) in [5.74, 6) is 0.615. The maximum absolute atomic E-state index is 9.01. The topological polar surface area (TPSA) is 42.4 Å². The fourth-order valence-electron chi connectivity index (χ4n) is 1.66. The van der Waals surface area contributed by atoms with E-state index < -0.39 is 0 Å². The average molecular weight is 298 g/mol. The van der Waals surface area contributed by atoms with Gasteiger partial charge in [-0.3, -0.25) is 0 Å². The monoisotopic (exact) mass is 297 g/mol. The van der Waals surface area contributed by atoms with E-state index >= 15 is 0 Å². The SMILES string of the molecule is CCCc1nc(COc2ccc(CO)cc2Cl)cs1. The predicted molar refractivity (Wildman–Crippen MR) is 77.8 cm³/mol. The molecule has 1 aromatic carbocycles. The van der Waals surface area contributed by atoms with Crippen LogP contribution in [-0.2, 0) is 19.6 Å². The highest BCUT2D eigenvalue weighted by Crippen LogP contribution is 2.26. The van der Waals surface area contributed by atoms with E-state index in [0.29, 0.717) is 17.4 Å². The van der Waals surface area contributed by atoms with Gasteiger partial charge in [0.1, 0.15) is 12.4 Å². The molecular weight excluding hydrogens is 282 g/mol. The van der Waals surface area contributed by atoms with Gasteiger partial charge < -0.3 is 9.84 Å². The molecule has 0 radical (unpaired) electrons. The Morgan fingerprint density at radius 2 is 2.26 bits per heavy atom. The molecule has 0 bridgehead atoms. The smallest absolute Gasteiger partial charge is 0.138 e. The summed E-state index contributed by atoms with van der Waals surface area (Å²) in [7, 11) is 0. The first-order chi connectivity index (χ1) is 9.22. The number of ether oxygens (including phenoxy) is 1. The van der Waals surface area contributed by atoms with Crippen LogP contribution in [0.4, 0.5) is 0 Å². The Labute approximate surface area is 121 Å². The quantitative estimate of drug-likeness (QED) is 0.881. The zero-order valence-corrected chi connectivity index (χ0v) is 12.3. The summed E-state index contributed by atoms with van der Waals surface area (Å²) in [6.45, 7) is 2.53. The van der Waals surface area contributed by atoms with Gasteiger partial charge in [0.2, 0.25) is 0 Å². The number of aliphatic hydroxyl groups excluding tert-OH is 1.